The second-order valence-electron chi connectivity index (χ2n) is 5.51. The van der Waals surface area contributed by atoms with Crippen molar-refractivity contribution in [3.05, 3.63) is 65.2 Å². The van der Waals surface area contributed by atoms with Crippen LogP contribution in [0.2, 0.25) is 0 Å². The topological polar surface area (TPSA) is 51.2 Å². The predicted molar refractivity (Wildman–Crippen MR) is 97.0 cm³/mol. The number of aryl methyl sites for hydroxylation is 1. The van der Waals surface area contributed by atoms with Gasteiger partial charge in [-0.25, -0.2) is 4.98 Å². The van der Waals surface area contributed by atoms with Crippen LogP contribution in [0, 0.1) is 0 Å². The zero-order valence-corrected chi connectivity index (χ0v) is 14.2. The number of nitrogens with zero attached hydrogens (tertiary/aromatic N) is 1. The molecule has 3 rings (SSSR count). The first-order valence-electron chi connectivity index (χ1n) is 8.04. The molecule has 5 heteroatoms. The molecular formula is C19H20N2O2S. The van der Waals surface area contributed by atoms with Crippen molar-refractivity contribution in [2.45, 2.75) is 19.4 Å². The Bertz CT molecular complexity index is 753. The van der Waals surface area contributed by atoms with Gasteiger partial charge in [0.2, 0.25) is 5.91 Å². The zero-order chi connectivity index (χ0) is 16.6. The van der Waals surface area contributed by atoms with Crippen molar-refractivity contribution >= 4 is 27.5 Å². The van der Waals surface area contributed by atoms with Gasteiger partial charge in [-0.05, 0) is 24.1 Å². The summed E-state index contributed by atoms with van der Waals surface area (Å²) in [6, 6.07) is 18.0. The number of aromatic nitrogens is 1. The molecule has 1 amide bonds. The van der Waals surface area contributed by atoms with Crippen LogP contribution < -0.4 is 5.32 Å². The van der Waals surface area contributed by atoms with Crippen LogP contribution in [0.3, 0.4) is 0 Å². The molecule has 0 atom stereocenters. The van der Waals surface area contributed by atoms with Gasteiger partial charge in [-0.1, -0.05) is 42.5 Å². The van der Waals surface area contributed by atoms with E-state index in [2.05, 4.69) is 16.4 Å². The van der Waals surface area contributed by atoms with Gasteiger partial charge in [-0.2, -0.15) is 0 Å². The molecule has 1 heterocycles. The number of rotatable bonds is 8. The summed E-state index contributed by atoms with van der Waals surface area (Å²) in [6.07, 6.45) is 1.76. The Kier molecular flexibility index (Phi) is 5.93. The standard InChI is InChI=1S/C19H20N2O2S/c22-18(14-23-13-15-7-2-1-3-8-15)20-12-6-11-19-21-16-9-4-5-10-17(16)24-19/h1-5,7-10H,6,11-14H2,(H,20,22). The van der Waals surface area contributed by atoms with Crippen molar-refractivity contribution in [1.82, 2.24) is 10.3 Å². The lowest BCUT2D eigenvalue weighted by Gasteiger charge is -2.06. The molecule has 0 aliphatic rings. The maximum absolute atomic E-state index is 11.7. The van der Waals surface area contributed by atoms with E-state index in [0.29, 0.717) is 13.2 Å². The van der Waals surface area contributed by atoms with Crippen molar-refractivity contribution in [2.75, 3.05) is 13.2 Å². The second kappa shape index (κ2) is 8.57. The molecule has 0 radical (unpaired) electrons. The number of benzene rings is 2. The van der Waals surface area contributed by atoms with E-state index >= 15 is 0 Å². The van der Waals surface area contributed by atoms with E-state index in [9.17, 15) is 4.79 Å². The number of amides is 1. The summed E-state index contributed by atoms with van der Waals surface area (Å²) in [5.74, 6) is -0.0739. The largest absolute Gasteiger partial charge is 0.367 e. The summed E-state index contributed by atoms with van der Waals surface area (Å²) >= 11 is 1.72. The van der Waals surface area contributed by atoms with Crippen LogP contribution >= 0.6 is 11.3 Å². The van der Waals surface area contributed by atoms with Crippen LogP contribution in [0.15, 0.2) is 54.6 Å². The SMILES string of the molecule is O=C(COCc1ccccc1)NCCCc1nc2ccccc2s1. The van der Waals surface area contributed by atoms with Crippen LogP contribution in [0.4, 0.5) is 0 Å². The quantitative estimate of drug-likeness (QED) is 0.638. The summed E-state index contributed by atoms with van der Waals surface area (Å²) in [5, 5.41) is 4.00. The van der Waals surface area contributed by atoms with Gasteiger partial charge in [-0.15, -0.1) is 11.3 Å². The average Bonchev–Trinajstić information content (AvgIpc) is 3.02. The van der Waals surface area contributed by atoms with Crippen LogP contribution in [-0.2, 0) is 22.6 Å². The Morgan fingerprint density at radius 2 is 1.88 bits per heavy atom. The molecule has 4 nitrogen and oxygen atoms in total. The highest BCUT2D eigenvalue weighted by Gasteiger charge is 2.04. The highest BCUT2D eigenvalue weighted by atomic mass is 32.1. The molecule has 3 aromatic rings. The zero-order valence-electron chi connectivity index (χ0n) is 13.4. The van der Waals surface area contributed by atoms with E-state index in [0.717, 1.165) is 28.9 Å². The lowest BCUT2D eigenvalue weighted by atomic mass is 10.2. The summed E-state index contributed by atoms with van der Waals surface area (Å²) in [6.45, 7) is 1.19. The van der Waals surface area contributed by atoms with Gasteiger partial charge in [0.25, 0.3) is 0 Å². The molecule has 24 heavy (non-hydrogen) atoms. The fourth-order valence-electron chi connectivity index (χ4n) is 2.38. The number of carbonyl (C=O) groups excluding carboxylic acids is 1. The average molecular weight is 340 g/mol. The van der Waals surface area contributed by atoms with E-state index in [-0.39, 0.29) is 12.5 Å². The van der Waals surface area contributed by atoms with E-state index in [1.165, 1.54) is 4.70 Å². The molecule has 0 saturated heterocycles. The number of thiazole rings is 1. The Labute approximate surface area is 145 Å². The monoisotopic (exact) mass is 340 g/mol. The van der Waals surface area contributed by atoms with Crippen molar-refractivity contribution in [1.29, 1.82) is 0 Å². The van der Waals surface area contributed by atoms with Gasteiger partial charge in [0, 0.05) is 13.0 Å². The predicted octanol–water partition coefficient (Wildman–Crippen LogP) is 3.56. The molecule has 0 spiro atoms. The molecule has 1 N–H and O–H groups in total. The molecule has 2 aromatic carbocycles. The van der Waals surface area contributed by atoms with E-state index in [1.54, 1.807) is 11.3 Å². The van der Waals surface area contributed by atoms with Crippen molar-refractivity contribution < 1.29 is 9.53 Å². The van der Waals surface area contributed by atoms with E-state index < -0.39 is 0 Å². The third-order valence-electron chi connectivity index (χ3n) is 3.57. The summed E-state index contributed by atoms with van der Waals surface area (Å²) in [5.41, 5.74) is 2.12. The van der Waals surface area contributed by atoms with Crippen LogP contribution in [0.25, 0.3) is 10.2 Å². The number of fused-ring (bicyclic) bond motifs is 1. The molecule has 0 fully saturated rings. The second-order valence-corrected chi connectivity index (χ2v) is 6.62. The minimum Gasteiger partial charge on any atom is -0.367 e. The Morgan fingerprint density at radius 1 is 1.08 bits per heavy atom. The first kappa shape index (κ1) is 16.6. The third-order valence-corrected chi connectivity index (χ3v) is 4.67. The third kappa shape index (κ3) is 4.88. The molecule has 0 unspecified atom stereocenters. The lowest BCUT2D eigenvalue weighted by Crippen LogP contribution is -2.28. The number of para-hydroxylation sites is 1. The maximum atomic E-state index is 11.7. The Hall–Kier alpha value is -2.24. The van der Waals surface area contributed by atoms with E-state index in [4.69, 9.17) is 4.74 Å². The smallest absolute Gasteiger partial charge is 0.246 e. The molecule has 124 valence electrons. The molecular weight excluding hydrogens is 320 g/mol. The highest BCUT2D eigenvalue weighted by molar-refractivity contribution is 7.18. The van der Waals surface area contributed by atoms with Gasteiger partial charge in [0.1, 0.15) is 6.61 Å². The summed E-state index contributed by atoms with van der Waals surface area (Å²) < 4.78 is 6.63. The minimum atomic E-state index is -0.0739. The number of hydrogen-bond acceptors (Lipinski definition) is 4. The van der Waals surface area contributed by atoms with Crippen molar-refractivity contribution in [2.24, 2.45) is 0 Å². The number of nitrogens with one attached hydrogen (secondary N) is 1. The molecule has 0 aliphatic carbocycles. The summed E-state index contributed by atoms with van der Waals surface area (Å²) in [7, 11) is 0. The highest BCUT2D eigenvalue weighted by Crippen LogP contribution is 2.22. The van der Waals surface area contributed by atoms with Crippen LogP contribution in [0.5, 0.6) is 0 Å². The van der Waals surface area contributed by atoms with Gasteiger partial charge < -0.3 is 10.1 Å². The fraction of sp³-hybridized carbons (Fsp3) is 0.263. The van der Waals surface area contributed by atoms with Crippen LogP contribution in [0.1, 0.15) is 17.0 Å². The Morgan fingerprint density at radius 3 is 2.71 bits per heavy atom. The number of carbonyl (C=O) groups is 1. The molecule has 0 aliphatic heterocycles. The van der Waals surface area contributed by atoms with Crippen LogP contribution in [-0.4, -0.2) is 24.0 Å². The lowest BCUT2D eigenvalue weighted by molar-refractivity contribution is -0.126. The normalized spacial score (nSPS) is 10.8. The molecule has 0 bridgehead atoms. The maximum Gasteiger partial charge on any atom is 0.246 e. The summed E-state index contributed by atoms with van der Waals surface area (Å²) in [4.78, 5) is 16.3. The first-order chi connectivity index (χ1) is 11.8. The minimum absolute atomic E-state index is 0.0739. The van der Waals surface area contributed by atoms with Gasteiger partial charge in [-0.3, -0.25) is 4.79 Å². The Balaban J connectivity index is 1.32. The van der Waals surface area contributed by atoms with Gasteiger partial charge in [0.15, 0.2) is 0 Å². The van der Waals surface area contributed by atoms with Gasteiger partial charge in [0.05, 0.1) is 21.8 Å². The number of ether oxygens (including phenoxy) is 1. The molecule has 1 aromatic heterocycles. The van der Waals surface area contributed by atoms with Crippen molar-refractivity contribution in [3.8, 4) is 0 Å². The van der Waals surface area contributed by atoms with E-state index in [1.807, 2.05) is 48.5 Å². The van der Waals surface area contributed by atoms with Gasteiger partial charge >= 0.3 is 0 Å². The fourth-order valence-corrected chi connectivity index (χ4v) is 3.39. The number of hydrogen-bond donors (Lipinski definition) is 1. The first-order valence-corrected chi connectivity index (χ1v) is 8.86. The van der Waals surface area contributed by atoms with Crippen molar-refractivity contribution in [3.63, 3.8) is 0 Å². The molecule has 0 saturated carbocycles.